The molecule has 2 rings (SSSR count). The van der Waals surface area contributed by atoms with Gasteiger partial charge in [-0.2, -0.15) is 0 Å². The highest BCUT2D eigenvalue weighted by molar-refractivity contribution is 5.90. The van der Waals surface area contributed by atoms with Gasteiger partial charge in [0, 0.05) is 0 Å². The smallest absolute Gasteiger partial charge is 0.116 e. The molecule has 84 valence electrons. The van der Waals surface area contributed by atoms with Gasteiger partial charge in [0.15, 0.2) is 0 Å². The molecule has 0 aliphatic heterocycles. The topological polar surface area (TPSA) is 20.2 Å². The summed E-state index contributed by atoms with van der Waals surface area (Å²) in [6.07, 6.45) is 0.953. The van der Waals surface area contributed by atoms with E-state index < -0.39 is 0 Å². The average Bonchev–Trinajstić information content (AvgIpc) is 2.26. The van der Waals surface area contributed by atoms with Gasteiger partial charge in [-0.3, -0.25) is 0 Å². The number of hydrogen-bond donors (Lipinski definition) is 1. The molecule has 0 unspecified atom stereocenters. The maximum atomic E-state index is 9.67. The first kappa shape index (κ1) is 11.0. The third-order valence-electron chi connectivity index (χ3n) is 3.08. The van der Waals surface area contributed by atoms with Crippen LogP contribution in [0.1, 0.15) is 37.8 Å². The van der Waals surface area contributed by atoms with Crippen LogP contribution >= 0.6 is 0 Å². The molecule has 0 atom stereocenters. The number of benzene rings is 2. The number of phenolic OH excluding ortho intramolecular Hbond substituents is 1. The Morgan fingerprint density at radius 3 is 2.56 bits per heavy atom. The summed E-state index contributed by atoms with van der Waals surface area (Å²) in [5.41, 5.74) is 2.61. The van der Waals surface area contributed by atoms with E-state index in [1.165, 1.54) is 16.5 Å². The van der Waals surface area contributed by atoms with Crippen molar-refractivity contribution in [3.8, 4) is 5.75 Å². The fraction of sp³-hybridized carbons (Fsp3) is 0.333. The van der Waals surface area contributed by atoms with Crippen LogP contribution in [-0.2, 0) is 6.42 Å². The summed E-state index contributed by atoms with van der Waals surface area (Å²) >= 11 is 0. The third-order valence-corrected chi connectivity index (χ3v) is 3.08. The highest BCUT2D eigenvalue weighted by Gasteiger charge is 2.09. The van der Waals surface area contributed by atoms with Crippen molar-refractivity contribution in [2.75, 3.05) is 0 Å². The molecule has 0 amide bonds. The second-order valence-corrected chi connectivity index (χ2v) is 4.56. The molecule has 2 aromatic carbocycles. The Hall–Kier alpha value is -1.50. The molecular formula is C15H18O. The maximum Gasteiger partial charge on any atom is 0.116 e. The van der Waals surface area contributed by atoms with Crippen molar-refractivity contribution in [1.29, 1.82) is 0 Å². The van der Waals surface area contributed by atoms with E-state index in [4.69, 9.17) is 0 Å². The van der Waals surface area contributed by atoms with E-state index in [0.717, 1.165) is 11.8 Å². The summed E-state index contributed by atoms with van der Waals surface area (Å²) in [5, 5.41) is 12.1. The quantitative estimate of drug-likeness (QED) is 0.793. The lowest BCUT2D eigenvalue weighted by atomic mass is 9.92. The average molecular weight is 214 g/mol. The minimum absolute atomic E-state index is 0.366. The minimum atomic E-state index is 0.366. The summed E-state index contributed by atoms with van der Waals surface area (Å²) < 4.78 is 0. The lowest BCUT2D eigenvalue weighted by Crippen LogP contribution is -1.93. The second-order valence-electron chi connectivity index (χ2n) is 4.56. The van der Waals surface area contributed by atoms with E-state index in [1.54, 1.807) is 0 Å². The minimum Gasteiger partial charge on any atom is -0.508 e. The third kappa shape index (κ3) is 1.78. The molecule has 0 radical (unpaired) electrons. The monoisotopic (exact) mass is 214 g/mol. The summed E-state index contributed by atoms with van der Waals surface area (Å²) in [7, 11) is 0. The van der Waals surface area contributed by atoms with Gasteiger partial charge in [0.25, 0.3) is 0 Å². The Morgan fingerprint density at radius 2 is 1.94 bits per heavy atom. The Bertz CT molecular complexity index is 512. The zero-order valence-corrected chi connectivity index (χ0v) is 10.1. The Morgan fingerprint density at radius 1 is 1.19 bits per heavy atom. The van der Waals surface area contributed by atoms with Crippen LogP contribution < -0.4 is 0 Å². The van der Waals surface area contributed by atoms with Gasteiger partial charge in [-0.25, -0.2) is 0 Å². The van der Waals surface area contributed by atoms with Crippen molar-refractivity contribution >= 4 is 10.8 Å². The van der Waals surface area contributed by atoms with Crippen LogP contribution in [0.3, 0.4) is 0 Å². The zero-order chi connectivity index (χ0) is 11.7. The SMILES string of the molecule is CCc1cc(O)cc2cccc(C(C)C)c12. The van der Waals surface area contributed by atoms with Gasteiger partial charge in [0.05, 0.1) is 0 Å². The van der Waals surface area contributed by atoms with Crippen molar-refractivity contribution in [2.24, 2.45) is 0 Å². The van der Waals surface area contributed by atoms with Crippen molar-refractivity contribution in [3.05, 3.63) is 41.5 Å². The molecule has 0 saturated carbocycles. The Kier molecular flexibility index (Phi) is 2.86. The molecule has 0 aromatic heterocycles. The van der Waals surface area contributed by atoms with Crippen LogP contribution in [0.5, 0.6) is 5.75 Å². The van der Waals surface area contributed by atoms with Gasteiger partial charge in [-0.15, -0.1) is 0 Å². The van der Waals surface area contributed by atoms with Crippen LogP contribution in [0.4, 0.5) is 0 Å². The van der Waals surface area contributed by atoms with Gasteiger partial charge >= 0.3 is 0 Å². The van der Waals surface area contributed by atoms with E-state index in [2.05, 4.69) is 39.0 Å². The van der Waals surface area contributed by atoms with Crippen LogP contribution in [0.15, 0.2) is 30.3 Å². The first-order chi connectivity index (χ1) is 7.63. The van der Waals surface area contributed by atoms with Crippen LogP contribution in [0.25, 0.3) is 10.8 Å². The molecule has 1 nitrogen and oxygen atoms in total. The predicted molar refractivity (Wildman–Crippen MR) is 69.1 cm³/mol. The van der Waals surface area contributed by atoms with Gasteiger partial charge in [0.1, 0.15) is 5.75 Å². The molecule has 0 aliphatic rings. The number of hydrogen-bond acceptors (Lipinski definition) is 1. The molecule has 1 N–H and O–H groups in total. The molecule has 0 spiro atoms. The van der Waals surface area contributed by atoms with E-state index in [0.29, 0.717) is 11.7 Å². The molecule has 2 aromatic rings. The molecule has 1 heteroatoms. The number of aromatic hydroxyl groups is 1. The highest BCUT2D eigenvalue weighted by Crippen LogP contribution is 2.31. The van der Waals surface area contributed by atoms with E-state index in [1.807, 2.05) is 12.1 Å². The van der Waals surface area contributed by atoms with Crippen LogP contribution in [0, 0.1) is 0 Å². The van der Waals surface area contributed by atoms with E-state index in [9.17, 15) is 5.11 Å². The Balaban J connectivity index is 2.84. The first-order valence-electron chi connectivity index (χ1n) is 5.88. The molecule has 16 heavy (non-hydrogen) atoms. The second kappa shape index (κ2) is 4.17. The largest absolute Gasteiger partial charge is 0.508 e. The highest BCUT2D eigenvalue weighted by atomic mass is 16.3. The number of aryl methyl sites for hydroxylation is 1. The van der Waals surface area contributed by atoms with Crippen molar-refractivity contribution in [1.82, 2.24) is 0 Å². The normalized spacial score (nSPS) is 11.2. The first-order valence-corrected chi connectivity index (χ1v) is 5.88. The van der Waals surface area contributed by atoms with Crippen LogP contribution in [0.2, 0.25) is 0 Å². The fourth-order valence-electron chi connectivity index (χ4n) is 2.29. The summed E-state index contributed by atoms with van der Waals surface area (Å²) in [6, 6.07) is 10.1. The number of rotatable bonds is 2. The van der Waals surface area contributed by atoms with Gasteiger partial charge in [-0.1, -0.05) is 39.0 Å². The van der Waals surface area contributed by atoms with Gasteiger partial charge in [-0.05, 0) is 46.4 Å². The molecule has 0 fully saturated rings. The van der Waals surface area contributed by atoms with Crippen LogP contribution in [-0.4, -0.2) is 5.11 Å². The summed E-state index contributed by atoms with van der Waals surface area (Å²) in [6.45, 7) is 6.55. The molecule has 0 saturated heterocycles. The summed E-state index contributed by atoms with van der Waals surface area (Å²) in [4.78, 5) is 0. The van der Waals surface area contributed by atoms with E-state index in [-0.39, 0.29) is 0 Å². The Labute approximate surface area is 96.7 Å². The molecule has 0 heterocycles. The van der Waals surface area contributed by atoms with Gasteiger partial charge < -0.3 is 5.11 Å². The molecule has 0 bridgehead atoms. The maximum absolute atomic E-state index is 9.67. The van der Waals surface area contributed by atoms with Crippen molar-refractivity contribution in [2.45, 2.75) is 33.1 Å². The fourth-order valence-corrected chi connectivity index (χ4v) is 2.29. The standard InChI is InChI=1S/C15H18O/c1-4-11-8-13(16)9-12-6-5-7-14(10(2)3)15(11)12/h5-10,16H,4H2,1-3H3. The lowest BCUT2D eigenvalue weighted by molar-refractivity contribution is 0.475. The van der Waals surface area contributed by atoms with Gasteiger partial charge in [0.2, 0.25) is 0 Å². The molecular weight excluding hydrogens is 196 g/mol. The number of fused-ring (bicyclic) bond motifs is 1. The van der Waals surface area contributed by atoms with E-state index >= 15 is 0 Å². The summed E-state index contributed by atoms with van der Waals surface area (Å²) in [5.74, 6) is 0.879. The zero-order valence-electron chi connectivity index (χ0n) is 10.1. The number of phenols is 1. The van der Waals surface area contributed by atoms with Crippen molar-refractivity contribution < 1.29 is 5.11 Å². The van der Waals surface area contributed by atoms with Crippen molar-refractivity contribution in [3.63, 3.8) is 0 Å². The lowest BCUT2D eigenvalue weighted by Gasteiger charge is -2.13. The molecule has 0 aliphatic carbocycles. The predicted octanol–water partition coefficient (Wildman–Crippen LogP) is 4.23.